The molecule has 0 spiro atoms. The minimum atomic E-state index is -0.0728. The van der Waals surface area contributed by atoms with E-state index in [0.29, 0.717) is 16.9 Å². The Morgan fingerprint density at radius 1 is 0.741 bits per heavy atom. The summed E-state index contributed by atoms with van der Waals surface area (Å²) < 4.78 is 0. The average molecular weight is 376 g/mol. The smallest absolute Gasteiger partial charge is 0.251 e. The molecule has 0 aliphatic rings. The van der Waals surface area contributed by atoms with Crippen LogP contribution in [0.15, 0.2) is 18.2 Å². The largest absolute Gasteiger partial charge is 0.397 e. The third kappa shape index (κ3) is 11.6. The van der Waals surface area contributed by atoms with E-state index in [1.165, 1.54) is 83.5 Å². The van der Waals surface area contributed by atoms with Gasteiger partial charge in [-0.1, -0.05) is 90.4 Å². The zero-order valence-electron chi connectivity index (χ0n) is 17.4. The van der Waals surface area contributed by atoms with Crippen molar-refractivity contribution in [2.75, 3.05) is 18.0 Å². The number of carbonyl (C=O) groups excluding carboxylic acids is 1. The number of nitrogens with two attached hydrogens (primary N) is 2. The van der Waals surface area contributed by atoms with Gasteiger partial charge in [0.1, 0.15) is 0 Å². The molecule has 5 N–H and O–H groups in total. The predicted molar refractivity (Wildman–Crippen MR) is 118 cm³/mol. The van der Waals surface area contributed by atoms with Gasteiger partial charge in [-0.2, -0.15) is 0 Å². The number of nitrogen functional groups attached to an aromatic ring is 2. The molecule has 0 aromatic heterocycles. The minimum Gasteiger partial charge on any atom is -0.397 e. The normalized spacial score (nSPS) is 10.9. The second-order valence-electron chi connectivity index (χ2n) is 7.70. The van der Waals surface area contributed by atoms with Crippen LogP contribution < -0.4 is 16.8 Å². The number of hydrogen-bond donors (Lipinski definition) is 3. The summed E-state index contributed by atoms with van der Waals surface area (Å²) in [6.07, 6.45) is 18.8. The lowest BCUT2D eigenvalue weighted by atomic mass is 10.0. The van der Waals surface area contributed by atoms with Crippen LogP contribution >= 0.6 is 0 Å². The number of carbonyl (C=O) groups is 1. The lowest BCUT2D eigenvalue weighted by molar-refractivity contribution is 0.0953. The molecule has 0 fully saturated rings. The molecule has 0 saturated carbocycles. The fraction of sp³-hybridized carbons (Fsp3) is 0.696. The summed E-state index contributed by atoms with van der Waals surface area (Å²) in [5.74, 6) is -0.0728. The van der Waals surface area contributed by atoms with Crippen molar-refractivity contribution in [2.45, 2.75) is 96.8 Å². The molecule has 4 heteroatoms. The lowest BCUT2D eigenvalue weighted by Crippen LogP contribution is -2.24. The molecule has 1 rings (SSSR count). The van der Waals surface area contributed by atoms with Crippen LogP contribution in [-0.4, -0.2) is 12.5 Å². The maximum Gasteiger partial charge on any atom is 0.251 e. The summed E-state index contributed by atoms with van der Waals surface area (Å²) in [4.78, 5) is 12.0. The highest BCUT2D eigenvalue weighted by atomic mass is 16.1. The Hall–Kier alpha value is -1.71. The van der Waals surface area contributed by atoms with Gasteiger partial charge in [0.05, 0.1) is 11.4 Å². The van der Waals surface area contributed by atoms with E-state index in [1.807, 2.05) is 0 Å². The van der Waals surface area contributed by atoms with Gasteiger partial charge in [-0.25, -0.2) is 0 Å². The summed E-state index contributed by atoms with van der Waals surface area (Å²) in [6, 6.07) is 5.03. The number of rotatable bonds is 16. The molecule has 27 heavy (non-hydrogen) atoms. The molecule has 0 saturated heterocycles. The van der Waals surface area contributed by atoms with Crippen molar-refractivity contribution in [1.82, 2.24) is 5.32 Å². The minimum absolute atomic E-state index is 0.0728. The highest BCUT2D eigenvalue weighted by molar-refractivity contribution is 5.95. The first-order chi connectivity index (χ1) is 13.1. The molecular formula is C23H41N3O. The fourth-order valence-corrected chi connectivity index (χ4v) is 3.34. The Bertz CT molecular complexity index is 516. The van der Waals surface area contributed by atoms with E-state index in [9.17, 15) is 4.79 Å². The van der Waals surface area contributed by atoms with Gasteiger partial charge in [0.15, 0.2) is 0 Å². The van der Waals surface area contributed by atoms with Gasteiger partial charge >= 0.3 is 0 Å². The third-order valence-electron chi connectivity index (χ3n) is 5.16. The number of nitrogens with one attached hydrogen (secondary N) is 1. The van der Waals surface area contributed by atoms with Gasteiger partial charge < -0.3 is 16.8 Å². The van der Waals surface area contributed by atoms with Gasteiger partial charge in [0, 0.05) is 12.1 Å². The van der Waals surface area contributed by atoms with Crippen LogP contribution in [0.1, 0.15) is 107 Å². The monoisotopic (exact) mass is 375 g/mol. The topological polar surface area (TPSA) is 81.1 Å². The van der Waals surface area contributed by atoms with Crippen molar-refractivity contribution >= 4 is 17.3 Å². The van der Waals surface area contributed by atoms with Crippen LogP contribution in [0.5, 0.6) is 0 Å². The highest BCUT2D eigenvalue weighted by Gasteiger charge is 2.06. The molecule has 4 nitrogen and oxygen atoms in total. The molecule has 154 valence electrons. The Morgan fingerprint density at radius 2 is 1.22 bits per heavy atom. The Kier molecular flexibility index (Phi) is 13.3. The second-order valence-corrected chi connectivity index (χ2v) is 7.70. The predicted octanol–water partition coefficient (Wildman–Crippen LogP) is 6.06. The Morgan fingerprint density at radius 3 is 1.70 bits per heavy atom. The molecular weight excluding hydrogens is 334 g/mol. The van der Waals surface area contributed by atoms with E-state index >= 15 is 0 Å². The first-order valence-electron chi connectivity index (χ1n) is 11.1. The Balaban J connectivity index is 1.87. The summed E-state index contributed by atoms with van der Waals surface area (Å²) in [6.45, 7) is 3.00. The van der Waals surface area contributed by atoms with Crippen molar-refractivity contribution in [3.8, 4) is 0 Å². The van der Waals surface area contributed by atoms with Crippen LogP contribution in [0.3, 0.4) is 0 Å². The van der Waals surface area contributed by atoms with Crippen LogP contribution in [0.25, 0.3) is 0 Å². The first kappa shape index (κ1) is 23.3. The van der Waals surface area contributed by atoms with Gasteiger partial charge in [-0.05, 0) is 24.6 Å². The van der Waals surface area contributed by atoms with E-state index in [2.05, 4.69) is 12.2 Å². The summed E-state index contributed by atoms with van der Waals surface area (Å²) >= 11 is 0. The first-order valence-corrected chi connectivity index (χ1v) is 11.1. The molecule has 1 amide bonds. The van der Waals surface area contributed by atoms with Crippen LogP contribution in [0, 0.1) is 0 Å². The maximum atomic E-state index is 12.0. The maximum absolute atomic E-state index is 12.0. The standard InChI is InChI=1S/C23H41N3O/c1-2-3-4-5-6-7-8-9-10-11-12-13-14-15-18-26-23(27)20-16-17-21(24)22(25)19-20/h16-17,19H,2-15,18,24-25H2,1H3,(H,26,27). The average Bonchev–Trinajstić information content (AvgIpc) is 2.66. The van der Waals surface area contributed by atoms with Gasteiger partial charge in [0.2, 0.25) is 0 Å². The van der Waals surface area contributed by atoms with E-state index < -0.39 is 0 Å². The Labute approximate surface area is 166 Å². The van der Waals surface area contributed by atoms with Gasteiger partial charge in [0.25, 0.3) is 5.91 Å². The van der Waals surface area contributed by atoms with E-state index in [1.54, 1.807) is 18.2 Å². The molecule has 0 bridgehead atoms. The molecule has 1 aromatic carbocycles. The lowest BCUT2D eigenvalue weighted by Gasteiger charge is -2.07. The molecule has 0 unspecified atom stereocenters. The van der Waals surface area contributed by atoms with Crippen molar-refractivity contribution in [1.29, 1.82) is 0 Å². The van der Waals surface area contributed by atoms with Gasteiger partial charge in [-0.15, -0.1) is 0 Å². The van der Waals surface area contributed by atoms with Gasteiger partial charge in [-0.3, -0.25) is 4.79 Å². The number of unbranched alkanes of at least 4 members (excludes halogenated alkanes) is 13. The second kappa shape index (κ2) is 15.4. The number of benzene rings is 1. The molecule has 0 aliphatic heterocycles. The fourth-order valence-electron chi connectivity index (χ4n) is 3.34. The molecule has 0 aliphatic carbocycles. The molecule has 0 atom stereocenters. The third-order valence-corrected chi connectivity index (χ3v) is 5.16. The van der Waals surface area contributed by atoms with Crippen molar-refractivity contribution in [2.24, 2.45) is 0 Å². The van der Waals surface area contributed by atoms with E-state index in [0.717, 1.165) is 13.0 Å². The number of amides is 1. The number of hydrogen-bond acceptors (Lipinski definition) is 3. The molecule has 0 radical (unpaired) electrons. The zero-order valence-corrected chi connectivity index (χ0v) is 17.4. The van der Waals surface area contributed by atoms with Crippen molar-refractivity contribution in [3.05, 3.63) is 23.8 Å². The summed E-state index contributed by atoms with van der Waals surface area (Å²) in [5, 5.41) is 2.95. The van der Waals surface area contributed by atoms with Crippen molar-refractivity contribution in [3.63, 3.8) is 0 Å². The van der Waals surface area contributed by atoms with Crippen LogP contribution in [0.4, 0.5) is 11.4 Å². The molecule has 1 aromatic rings. The highest BCUT2D eigenvalue weighted by Crippen LogP contribution is 2.16. The van der Waals surface area contributed by atoms with E-state index in [-0.39, 0.29) is 5.91 Å². The van der Waals surface area contributed by atoms with Crippen LogP contribution in [0.2, 0.25) is 0 Å². The number of anilines is 2. The summed E-state index contributed by atoms with van der Waals surface area (Å²) in [5.41, 5.74) is 13.0. The SMILES string of the molecule is CCCCCCCCCCCCCCCCNC(=O)c1ccc(N)c(N)c1. The quantitative estimate of drug-likeness (QED) is 0.242. The van der Waals surface area contributed by atoms with E-state index in [4.69, 9.17) is 11.5 Å². The van der Waals surface area contributed by atoms with Crippen LogP contribution in [-0.2, 0) is 0 Å². The molecule has 0 heterocycles. The summed E-state index contributed by atoms with van der Waals surface area (Å²) in [7, 11) is 0. The van der Waals surface area contributed by atoms with Crippen molar-refractivity contribution < 1.29 is 4.79 Å². The zero-order chi connectivity index (χ0) is 19.7.